The normalized spacial score (nSPS) is 13.2. The molecule has 14 heteroatoms. The van der Waals surface area contributed by atoms with Crippen LogP contribution in [0.2, 0.25) is 0 Å². The molecule has 0 amide bonds. The summed E-state index contributed by atoms with van der Waals surface area (Å²) in [5, 5.41) is 19.7. The van der Waals surface area contributed by atoms with Crippen LogP contribution in [0.5, 0.6) is 5.88 Å². The van der Waals surface area contributed by atoms with Crippen molar-refractivity contribution in [2.24, 2.45) is 7.05 Å². The Morgan fingerprint density at radius 2 is 1.93 bits per heavy atom. The van der Waals surface area contributed by atoms with Gasteiger partial charge in [0.2, 0.25) is 5.88 Å². The zero-order valence-corrected chi connectivity index (χ0v) is 24.7. The van der Waals surface area contributed by atoms with Gasteiger partial charge >= 0.3 is 6.18 Å². The quantitative estimate of drug-likeness (QED) is 0.112. The van der Waals surface area contributed by atoms with Crippen LogP contribution in [0.25, 0.3) is 11.3 Å². The predicted octanol–water partition coefficient (Wildman–Crippen LogP) is 5.17. The van der Waals surface area contributed by atoms with Gasteiger partial charge < -0.3 is 26.2 Å². The Hall–Kier alpha value is -3.78. The number of aliphatic hydroxyl groups excluding tert-OH is 1. The number of pyridine rings is 1. The van der Waals surface area contributed by atoms with E-state index < -0.39 is 63.6 Å². The van der Waals surface area contributed by atoms with Gasteiger partial charge in [-0.1, -0.05) is 6.92 Å². The first-order valence-electron chi connectivity index (χ1n) is 13.8. The number of nitrogens with one attached hydrogen (secondary N) is 2. The van der Waals surface area contributed by atoms with E-state index in [0.717, 1.165) is 13.3 Å². The number of nitrogens with zero attached hydrogens (tertiary/aromatic N) is 3. The molecule has 9 nitrogen and oxygen atoms in total. The number of alkyl halides is 3. The van der Waals surface area contributed by atoms with Gasteiger partial charge in [-0.05, 0) is 63.8 Å². The highest BCUT2D eigenvalue weighted by atomic mass is 19.4. The van der Waals surface area contributed by atoms with Gasteiger partial charge in [0.1, 0.15) is 17.1 Å². The molecule has 0 saturated heterocycles. The van der Waals surface area contributed by atoms with E-state index in [2.05, 4.69) is 20.7 Å². The van der Waals surface area contributed by atoms with Crippen molar-refractivity contribution in [3.63, 3.8) is 0 Å². The Balaban J connectivity index is 2.19. The van der Waals surface area contributed by atoms with Crippen LogP contribution in [-0.2, 0) is 26.2 Å². The highest BCUT2D eigenvalue weighted by molar-refractivity contribution is 5.90. The molecular formula is C29H37F5N6O3. The number of hydrogen-bond acceptors (Lipinski definition) is 8. The minimum absolute atomic E-state index is 0.151. The molecule has 43 heavy (non-hydrogen) atoms. The molecule has 0 spiro atoms. The SMILES string of the molecule is CCC(C)NCCC(C)Oc1nc(-c2cc(N)c(F)c(C)c2C(F)(F)F)c(F)c(NCc2nn(C)cc2CCO)c1C=O. The van der Waals surface area contributed by atoms with Crippen LogP contribution in [0.3, 0.4) is 0 Å². The maximum Gasteiger partial charge on any atom is 0.417 e. The summed E-state index contributed by atoms with van der Waals surface area (Å²) in [4.78, 5) is 16.3. The second kappa shape index (κ2) is 14.1. The molecule has 0 bridgehead atoms. The topological polar surface area (TPSA) is 127 Å². The van der Waals surface area contributed by atoms with E-state index in [0.29, 0.717) is 36.6 Å². The number of hydrogen-bond donors (Lipinski definition) is 4. The molecule has 0 aliphatic carbocycles. The van der Waals surface area contributed by atoms with E-state index in [1.807, 2.05) is 13.8 Å². The van der Waals surface area contributed by atoms with Crippen molar-refractivity contribution in [2.75, 3.05) is 24.2 Å². The first-order valence-corrected chi connectivity index (χ1v) is 13.8. The molecular weight excluding hydrogens is 575 g/mol. The van der Waals surface area contributed by atoms with Gasteiger partial charge in [-0.25, -0.2) is 13.8 Å². The predicted molar refractivity (Wildman–Crippen MR) is 153 cm³/mol. The van der Waals surface area contributed by atoms with E-state index in [1.54, 1.807) is 20.2 Å². The number of halogens is 5. The number of aryl methyl sites for hydroxylation is 1. The monoisotopic (exact) mass is 612 g/mol. The lowest BCUT2D eigenvalue weighted by Crippen LogP contribution is -2.29. The first-order chi connectivity index (χ1) is 20.2. The molecule has 236 valence electrons. The number of aliphatic hydroxyl groups is 1. The number of rotatable bonds is 14. The maximum absolute atomic E-state index is 16.2. The first kappa shape index (κ1) is 33.7. The Labute approximate surface area is 246 Å². The summed E-state index contributed by atoms with van der Waals surface area (Å²) in [6.07, 6.45) is -2.15. The summed E-state index contributed by atoms with van der Waals surface area (Å²) in [7, 11) is 1.65. The smallest absolute Gasteiger partial charge is 0.417 e. The van der Waals surface area contributed by atoms with Gasteiger partial charge in [0, 0.05) is 31.5 Å². The van der Waals surface area contributed by atoms with Crippen LogP contribution in [0.15, 0.2) is 12.3 Å². The Morgan fingerprint density at radius 3 is 2.53 bits per heavy atom. The van der Waals surface area contributed by atoms with Gasteiger partial charge in [0.05, 0.1) is 35.3 Å². The molecule has 0 radical (unpaired) electrons. The molecule has 0 aliphatic rings. The van der Waals surface area contributed by atoms with E-state index >= 15 is 4.39 Å². The average molecular weight is 613 g/mol. The summed E-state index contributed by atoms with van der Waals surface area (Å²) in [6.45, 7) is 6.79. The molecule has 5 N–H and O–H groups in total. The lowest BCUT2D eigenvalue weighted by molar-refractivity contribution is -0.137. The number of ether oxygens (including phenoxy) is 1. The zero-order valence-electron chi connectivity index (χ0n) is 24.7. The minimum atomic E-state index is -5.10. The fourth-order valence-corrected chi connectivity index (χ4v) is 4.64. The van der Waals surface area contributed by atoms with E-state index in [1.165, 1.54) is 4.68 Å². The van der Waals surface area contributed by atoms with Gasteiger partial charge in [-0.2, -0.15) is 18.3 Å². The van der Waals surface area contributed by atoms with Crippen molar-refractivity contribution in [1.82, 2.24) is 20.1 Å². The lowest BCUT2D eigenvalue weighted by atomic mass is 9.95. The summed E-state index contributed by atoms with van der Waals surface area (Å²) in [5.41, 5.74) is 1.34. The number of aromatic nitrogens is 3. The number of carbonyl (C=O) groups is 1. The molecule has 3 rings (SSSR count). The third-order valence-electron chi connectivity index (χ3n) is 7.10. The second-order valence-corrected chi connectivity index (χ2v) is 10.4. The molecule has 3 aromatic rings. The fourth-order valence-electron chi connectivity index (χ4n) is 4.64. The molecule has 0 aliphatic heterocycles. The van der Waals surface area contributed by atoms with Crippen molar-refractivity contribution in [1.29, 1.82) is 0 Å². The van der Waals surface area contributed by atoms with Crippen molar-refractivity contribution < 1.29 is 36.6 Å². The van der Waals surface area contributed by atoms with Crippen LogP contribution < -0.4 is 21.1 Å². The Bertz CT molecular complexity index is 1440. The molecule has 2 unspecified atom stereocenters. The highest BCUT2D eigenvalue weighted by Crippen LogP contribution is 2.44. The van der Waals surface area contributed by atoms with Gasteiger partial charge in [0.25, 0.3) is 0 Å². The number of nitrogen functional groups attached to an aromatic ring is 1. The van der Waals surface area contributed by atoms with E-state index in [-0.39, 0.29) is 31.2 Å². The van der Waals surface area contributed by atoms with E-state index in [9.17, 15) is 27.5 Å². The summed E-state index contributed by atoms with van der Waals surface area (Å²) < 4.78 is 80.8. The average Bonchev–Trinajstić information content (AvgIpc) is 3.29. The molecule has 2 atom stereocenters. The minimum Gasteiger partial charge on any atom is -0.474 e. The maximum atomic E-state index is 16.2. The van der Waals surface area contributed by atoms with Crippen LogP contribution >= 0.6 is 0 Å². The third-order valence-corrected chi connectivity index (χ3v) is 7.10. The number of aldehydes is 1. The number of nitrogens with two attached hydrogens (primary N) is 1. The number of anilines is 2. The molecule has 0 saturated carbocycles. The van der Waals surface area contributed by atoms with Crippen molar-refractivity contribution in [3.8, 4) is 17.1 Å². The third kappa shape index (κ3) is 7.79. The van der Waals surface area contributed by atoms with Crippen molar-refractivity contribution in [2.45, 2.75) is 71.8 Å². The van der Waals surface area contributed by atoms with Gasteiger partial charge in [0.15, 0.2) is 12.1 Å². The number of carbonyl (C=O) groups excluding carboxylic acids is 1. The van der Waals surface area contributed by atoms with Crippen molar-refractivity contribution in [3.05, 3.63) is 51.8 Å². The standard InChI is InChI=1S/C29H37F5N6O3/c1-6-15(2)36-9-7-16(3)43-28-20(14-42)26(37-12-22-18(8-10-41)13-40(5)39-22)25(31)27(38-28)19-11-21(35)24(30)17(4)23(19)29(32,33)34/h11,13-16,36,41H,6-10,12,35H2,1-5H3,(H,37,38). The Kier molecular flexibility index (Phi) is 11.1. The van der Waals surface area contributed by atoms with Crippen molar-refractivity contribution >= 4 is 17.7 Å². The zero-order chi connectivity index (χ0) is 32.1. The summed E-state index contributed by atoms with van der Waals surface area (Å²) in [6, 6.07) is 0.904. The lowest BCUT2D eigenvalue weighted by Gasteiger charge is -2.22. The van der Waals surface area contributed by atoms with Crippen LogP contribution in [-0.4, -0.2) is 51.5 Å². The fraction of sp³-hybridized carbons (Fsp3) is 0.483. The highest BCUT2D eigenvalue weighted by Gasteiger charge is 2.39. The van der Waals surface area contributed by atoms with Gasteiger partial charge in [-0.3, -0.25) is 9.48 Å². The van der Waals surface area contributed by atoms with Crippen LogP contribution in [0.1, 0.15) is 66.4 Å². The van der Waals surface area contributed by atoms with Crippen LogP contribution in [0, 0.1) is 18.6 Å². The van der Waals surface area contributed by atoms with E-state index in [4.69, 9.17) is 10.5 Å². The largest absolute Gasteiger partial charge is 0.474 e. The van der Waals surface area contributed by atoms with Crippen LogP contribution in [0.4, 0.5) is 33.3 Å². The molecule has 2 heterocycles. The second-order valence-electron chi connectivity index (χ2n) is 10.4. The molecule has 2 aromatic heterocycles. The molecule has 0 fully saturated rings. The summed E-state index contributed by atoms with van der Waals surface area (Å²) >= 11 is 0. The van der Waals surface area contributed by atoms with Gasteiger partial charge in [-0.15, -0.1) is 0 Å². The summed E-state index contributed by atoms with van der Waals surface area (Å²) in [5.74, 6) is -2.99. The Morgan fingerprint density at radius 1 is 1.23 bits per heavy atom. The molecule has 1 aromatic carbocycles. The number of benzene rings is 1.